The Morgan fingerprint density at radius 1 is 1.37 bits per heavy atom. The fourth-order valence-electron chi connectivity index (χ4n) is 6.84. The molecule has 0 heterocycles. The van der Waals surface area contributed by atoms with Crippen molar-refractivity contribution in [1.82, 2.24) is 0 Å². The normalized spacial score (nSPS) is 62.6. The Labute approximate surface area is 114 Å². The number of hydrogen-bond acceptors (Lipinski definition) is 3. The van der Waals surface area contributed by atoms with Crippen molar-refractivity contribution < 1.29 is 14.6 Å². The summed E-state index contributed by atoms with van der Waals surface area (Å²) in [6, 6.07) is 0. The Bertz CT molecular complexity index is 461. The van der Waals surface area contributed by atoms with Crippen LogP contribution in [0, 0.1) is 28.6 Å². The van der Waals surface area contributed by atoms with E-state index in [-0.39, 0.29) is 28.6 Å². The largest absolute Gasteiger partial charge is 0.386 e. The van der Waals surface area contributed by atoms with Crippen LogP contribution in [0.15, 0.2) is 0 Å². The van der Waals surface area contributed by atoms with E-state index in [1.165, 1.54) is 12.8 Å². The third-order valence-electron chi connectivity index (χ3n) is 7.67. The Hall–Kier alpha value is -0.410. The van der Waals surface area contributed by atoms with E-state index < -0.39 is 5.60 Å². The molecular weight excluding hydrogens is 240 g/mol. The van der Waals surface area contributed by atoms with Gasteiger partial charge in [0.25, 0.3) is 0 Å². The summed E-state index contributed by atoms with van der Waals surface area (Å²) in [6.45, 7) is 4.56. The molecule has 4 saturated carbocycles. The van der Waals surface area contributed by atoms with E-state index in [1.54, 1.807) is 7.11 Å². The molecule has 19 heavy (non-hydrogen) atoms. The lowest BCUT2D eigenvalue weighted by atomic mass is 9.61. The van der Waals surface area contributed by atoms with Gasteiger partial charge in [0.1, 0.15) is 11.4 Å². The molecule has 3 nitrogen and oxygen atoms in total. The first-order chi connectivity index (χ1) is 8.90. The van der Waals surface area contributed by atoms with E-state index in [1.807, 2.05) is 0 Å². The van der Waals surface area contributed by atoms with E-state index in [2.05, 4.69) is 13.8 Å². The number of aliphatic hydroxyl groups is 1. The summed E-state index contributed by atoms with van der Waals surface area (Å²) in [5.41, 5.74) is -0.940. The lowest BCUT2D eigenvalue weighted by Gasteiger charge is -2.48. The molecule has 0 aromatic carbocycles. The van der Waals surface area contributed by atoms with Crippen LogP contribution < -0.4 is 0 Å². The number of carbonyl (C=O) groups is 1. The summed E-state index contributed by atoms with van der Waals surface area (Å²) in [6.07, 6.45) is 4.85. The minimum atomic E-state index is -0.918. The molecule has 4 aliphatic rings. The van der Waals surface area contributed by atoms with Crippen LogP contribution >= 0.6 is 0 Å². The maximum Gasteiger partial charge on any atom is 0.141 e. The maximum atomic E-state index is 12.5. The molecule has 4 rings (SSSR count). The van der Waals surface area contributed by atoms with Gasteiger partial charge >= 0.3 is 0 Å². The highest BCUT2D eigenvalue weighted by atomic mass is 16.5. The average Bonchev–Trinajstić information content (AvgIpc) is 2.75. The molecule has 0 saturated heterocycles. The molecule has 0 spiro atoms. The lowest BCUT2D eigenvalue weighted by molar-refractivity contribution is -0.175. The SMILES string of the molecule is COC1CC(=O)C2C3C4CCCC3(C)C(C)(C4)C12O. The summed E-state index contributed by atoms with van der Waals surface area (Å²) < 4.78 is 5.54. The van der Waals surface area contributed by atoms with Crippen LogP contribution in [0.1, 0.15) is 46.0 Å². The highest BCUT2D eigenvalue weighted by Gasteiger charge is 2.82. The van der Waals surface area contributed by atoms with Crippen LogP contribution in [0.25, 0.3) is 0 Å². The minimum absolute atomic E-state index is 0.127. The topological polar surface area (TPSA) is 46.5 Å². The second kappa shape index (κ2) is 3.25. The van der Waals surface area contributed by atoms with Crippen molar-refractivity contribution in [3.05, 3.63) is 0 Å². The van der Waals surface area contributed by atoms with Crippen LogP contribution in [0.5, 0.6) is 0 Å². The number of fused-ring (bicyclic) bond motifs is 2. The maximum absolute atomic E-state index is 12.5. The summed E-state index contributed by atoms with van der Waals surface area (Å²) in [7, 11) is 1.64. The van der Waals surface area contributed by atoms with Gasteiger partial charge < -0.3 is 9.84 Å². The fraction of sp³-hybridized carbons (Fsp3) is 0.938. The van der Waals surface area contributed by atoms with Gasteiger partial charge in [0, 0.05) is 18.9 Å². The molecular formula is C16H24O3. The molecule has 3 heteroatoms. The van der Waals surface area contributed by atoms with E-state index in [0.29, 0.717) is 18.3 Å². The van der Waals surface area contributed by atoms with Crippen molar-refractivity contribution in [2.75, 3.05) is 7.11 Å². The molecule has 0 aromatic heterocycles. The van der Waals surface area contributed by atoms with E-state index in [9.17, 15) is 9.90 Å². The Morgan fingerprint density at radius 2 is 2.11 bits per heavy atom. The second-order valence-electron chi connectivity index (χ2n) is 7.83. The van der Waals surface area contributed by atoms with Gasteiger partial charge in [-0.1, -0.05) is 26.7 Å². The smallest absolute Gasteiger partial charge is 0.141 e. The van der Waals surface area contributed by atoms with Gasteiger partial charge in [-0.3, -0.25) is 4.79 Å². The molecule has 106 valence electrons. The van der Waals surface area contributed by atoms with Crippen molar-refractivity contribution in [1.29, 1.82) is 0 Å². The summed E-state index contributed by atoms with van der Waals surface area (Å²) in [4.78, 5) is 12.5. The van der Waals surface area contributed by atoms with Crippen LogP contribution in [0.3, 0.4) is 0 Å². The number of carbonyl (C=O) groups excluding carboxylic acids is 1. The molecule has 0 amide bonds. The number of ketones is 1. The highest BCUT2D eigenvalue weighted by molar-refractivity contribution is 5.88. The van der Waals surface area contributed by atoms with Gasteiger partial charge in [0.15, 0.2) is 0 Å². The van der Waals surface area contributed by atoms with Crippen molar-refractivity contribution >= 4 is 5.78 Å². The number of hydrogen-bond donors (Lipinski definition) is 1. The van der Waals surface area contributed by atoms with Gasteiger partial charge in [0.05, 0.1) is 12.0 Å². The number of ether oxygens (including phenoxy) is 1. The molecule has 4 bridgehead atoms. The van der Waals surface area contributed by atoms with Crippen molar-refractivity contribution in [2.24, 2.45) is 28.6 Å². The molecule has 7 atom stereocenters. The molecule has 1 N–H and O–H groups in total. The van der Waals surface area contributed by atoms with Gasteiger partial charge in [-0.25, -0.2) is 0 Å². The number of Topliss-reactive ketones (excluding diaryl/α,β-unsaturated/α-hetero) is 1. The first-order valence-electron chi connectivity index (χ1n) is 7.68. The van der Waals surface area contributed by atoms with Crippen LogP contribution in [0.4, 0.5) is 0 Å². The molecule has 0 aliphatic heterocycles. The molecule has 0 aromatic rings. The van der Waals surface area contributed by atoms with Crippen molar-refractivity contribution in [3.8, 4) is 0 Å². The average molecular weight is 264 g/mol. The zero-order chi connectivity index (χ0) is 13.6. The van der Waals surface area contributed by atoms with Gasteiger partial charge in [-0.15, -0.1) is 0 Å². The fourth-order valence-corrected chi connectivity index (χ4v) is 6.84. The first-order valence-corrected chi connectivity index (χ1v) is 7.68. The Balaban J connectivity index is 1.93. The molecule has 0 radical (unpaired) electrons. The lowest BCUT2D eigenvalue weighted by Crippen LogP contribution is -2.57. The van der Waals surface area contributed by atoms with Crippen molar-refractivity contribution in [2.45, 2.75) is 57.7 Å². The van der Waals surface area contributed by atoms with E-state index in [4.69, 9.17) is 4.74 Å². The zero-order valence-electron chi connectivity index (χ0n) is 12.1. The second-order valence-corrected chi connectivity index (χ2v) is 7.83. The van der Waals surface area contributed by atoms with E-state index >= 15 is 0 Å². The van der Waals surface area contributed by atoms with Gasteiger partial charge in [-0.05, 0) is 30.1 Å². The van der Waals surface area contributed by atoms with Gasteiger partial charge in [-0.2, -0.15) is 0 Å². The van der Waals surface area contributed by atoms with Crippen LogP contribution in [0.2, 0.25) is 0 Å². The molecule has 7 unspecified atom stereocenters. The predicted octanol–water partition coefficient (Wildman–Crippen LogP) is 2.17. The number of rotatable bonds is 1. The standard InChI is InChI=1S/C16H24O3/c1-14-6-4-5-9-8-15(14,2)16(18)11(19-3)7-10(17)13(16)12(9)14/h9,11-13,18H,4-8H2,1-3H3. The quantitative estimate of drug-likeness (QED) is 0.789. The highest BCUT2D eigenvalue weighted by Crippen LogP contribution is 2.80. The molecule has 4 aliphatic carbocycles. The zero-order valence-corrected chi connectivity index (χ0v) is 12.1. The van der Waals surface area contributed by atoms with Gasteiger partial charge in [0.2, 0.25) is 0 Å². The third-order valence-corrected chi connectivity index (χ3v) is 7.67. The Morgan fingerprint density at radius 3 is 2.79 bits per heavy atom. The summed E-state index contributed by atoms with van der Waals surface area (Å²) in [5.74, 6) is 1.13. The minimum Gasteiger partial charge on any atom is -0.386 e. The van der Waals surface area contributed by atoms with E-state index in [0.717, 1.165) is 12.8 Å². The first kappa shape index (κ1) is 12.3. The van der Waals surface area contributed by atoms with Crippen molar-refractivity contribution in [3.63, 3.8) is 0 Å². The third kappa shape index (κ3) is 0.994. The Kier molecular flexibility index (Phi) is 2.11. The van der Waals surface area contributed by atoms with Crippen LogP contribution in [-0.2, 0) is 9.53 Å². The molecule has 4 fully saturated rings. The predicted molar refractivity (Wildman–Crippen MR) is 70.5 cm³/mol. The monoisotopic (exact) mass is 264 g/mol. The summed E-state index contributed by atoms with van der Waals surface area (Å²) in [5, 5.41) is 11.5. The van der Waals surface area contributed by atoms with Crippen LogP contribution in [-0.4, -0.2) is 29.7 Å². The summed E-state index contributed by atoms with van der Waals surface area (Å²) >= 11 is 0. The number of methoxy groups -OCH3 is 1.